The van der Waals surface area contributed by atoms with Gasteiger partial charge in [0.2, 0.25) is 11.8 Å². The molecule has 1 aromatic carbocycles. The number of carboxylic acid groups (broad SMARTS) is 1. The van der Waals surface area contributed by atoms with E-state index in [0.717, 1.165) is 31.7 Å². The van der Waals surface area contributed by atoms with E-state index in [2.05, 4.69) is 19.8 Å². The van der Waals surface area contributed by atoms with Crippen molar-refractivity contribution in [2.24, 2.45) is 0 Å². The van der Waals surface area contributed by atoms with Crippen molar-refractivity contribution in [1.82, 2.24) is 14.9 Å². The van der Waals surface area contributed by atoms with Gasteiger partial charge in [-0.2, -0.15) is 4.98 Å². The summed E-state index contributed by atoms with van der Waals surface area (Å²) in [6.45, 7) is 5.55. The number of carbonyl (C=O) groups is 1. The minimum Gasteiger partial charge on any atom is -0.481 e. The highest BCUT2D eigenvalue weighted by Gasteiger charge is 2.21. The van der Waals surface area contributed by atoms with Crippen LogP contribution in [-0.4, -0.2) is 65.3 Å². The Hall–Kier alpha value is -2.87. The average molecular weight is 372 g/mol. The van der Waals surface area contributed by atoms with Crippen LogP contribution in [0.3, 0.4) is 0 Å². The Balaban J connectivity index is 1.60. The molecule has 1 fully saturated rings. The van der Waals surface area contributed by atoms with Crippen LogP contribution < -0.4 is 14.4 Å². The normalized spacial score (nSPS) is 16.0. The molecule has 27 heavy (non-hydrogen) atoms. The lowest BCUT2D eigenvalue weighted by Crippen LogP contribution is -2.46. The van der Waals surface area contributed by atoms with Crippen LogP contribution in [-0.2, 0) is 11.3 Å². The van der Waals surface area contributed by atoms with Gasteiger partial charge in [-0.25, -0.2) is 9.78 Å². The van der Waals surface area contributed by atoms with Crippen LogP contribution in [0.2, 0.25) is 0 Å². The predicted octanol–water partition coefficient (Wildman–Crippen LogP) is 1.66. The van der Waals surface area contributed by atoms with E-state index in [-0.39, 0.29) is 0 Å². The lowest BCUT2D eigenvalue weighted by Gasteiger charge is -2.35. The molecule has 0 saturated carbocycles. The number of ether oxygens (including phenoxy) is 2. The molecule has 8 heteroatoms. The smallest absolute Gasteiger partial charge is 0.344 e. The van der Waals surface area contributed by atoms with Crippen LogP contribution >= 0.6 is 0 Å². The number of benzene rings is 1. The molecule has 8 nitrogen and oxygen atoms in total. The van der Waals surface area contributed by atoms with E-state index in [0.29, 0.717) is 24.1 Å². The molecule has 0 unspecified atom stereocenters. The maximum atomic E-state index is 11.1. The summed E-state index contributed by atoms with van der Waals surface area (Å²) in [5.41, 5.74) is 0.983. The van der Waals surface area contributed by atoms with Gasteiger partial charge in [-0.1, -0.05) is 18.2 Å². The number of para-hydroxylation sites is 1. The molecule has 1 atom stereocenters. The molecule has 0 aliphatic carbocycles. The van der Waals surface area contributed by atoms with Gasteiger partial charge in [0.05, 0.1) is 7.11 Å². The fraction of sp³-hybridized carbons (Fsp3) is 0.421. The Kier molecular flexibility index (Phi) is 6.08. The maximum Gasteiger partial charge on any atom is 0.344 e. The lowest BCUT2D eigenvalue weighted by molar-refractivity contribution is -0.144. The second-order valence-electron chi connectivity index (χ2n) is 6.37. The van der Waals surface area contributed by atoms with E-state index in [1.807, 2.05) is 24.3 Å². The van der Waals surface area contributed by atoms with Crippen molar-refractivity contribution in [2.45, 2.75) is 19.6 Å². The Labute approximate surface area is 158 Å². The van der Waals surface area contributed by atoms with Crippen molar-refractivity contribution in [3.05, 3.63) is 42.1 Å². The minimum atomic E-state index is -0.975. The minimum absolute atomic E-state index is 0.557. The highest BCUT2D eigenvalue weighted by atomic mass is 16.5. The van der Waals surface area contributed by atoms with Crippen LogP contribution in [0.1, 0.15) is 12.5 Å². The third-order valence-electron chi connectivity index (χ3n) is 4.50. The summed E-state index contributed by atoms with van der Waals surface area (Å²) in [6.07, 6.45) is 0.818. The van der Waals surface area contributed by atoms with Gasteiger partial charge in [-0.05, 0) is 13.0 Å². The first-order chi connectivity index (χ1) is 13.1. The van der Waals surface area contributed by atoms with Gasteiger partial charge >= 0.3 is 5.97 Å². The van der Waals surface area contributed by atoms with E-state index < -0.39 is 12.1 Å². The Morgan fingerprint density at radius 3 is 2.67 bits per heavy atom. The third-order valence-corrected chi connectivity index (χ3v) is 4.50. The molecule has 0 spiro atoms. The molecular weight excluding hydrogens is 348 g/mol. The summed E-state index contributed by atoms with van der Waals surface area (Å²) in [7, 11) is 1.59. The average Bonchev–Trinajstić information content (AvgIpc) is 2.70. The number of rotatable bonds is 7. The van der Waals surface area contributed by atoms with Crippen molar-refractivity contribution in [3.63, 3.8) is 0 Å². The van der Waals surface area contributed by atoms with Crippen LogP contribution in [0.4, 0.5) is 5.95 Å². The summed E-state index contributed by atoms with van der Waals surface area (Å²) >= 11 is 0. The van der Waals surface area contributed by atoms with Gasteiger partial charge in [0.15, 0.2) is 6.10 Å². The third kappa shape index (κ3) is 4.85. The Bertz CT molecular complexity index is 778. The van der Waals surface area contributed by atoms with Crippen molar-refractivity contribution in [1.29, 1.82) is 0 Å². The maximum absolute atomic E-state index is 11.1. The zero-order valence-electron chi connectivity index (χ0n) is 15.5. The van der Waals surface area contributed by atoms with Gasteiger partial charge in [0.1, 0.15) is 5.75 Å². The molecule has 1 saturated heterocycles. The molecule has 144 valence electrons. The highest BCUT2D eigenvalue weighted by Crippen LogP contribution is 2.22. The number of carboxylic acids is 1. The molecular formula is C19H24N4O4. The topological polar surface area (TPSA) is 88.0 Å². The van der Waals surface area contributed by atoms with E-state index >= 15 is 0 Å². The number of nitrogens with zero attached hydrogens (tertiary/aromatic N) is 4. The Morgan fingerprint density at radius 1 is 1.22 bits per heavy atom. The summed E-state index contributed by atoms with van der Waals surface area (Å²) in [4.78, 5) is 24.2. The van der Waals surface area contributed by atoms with Crippen molar-refractivity contribution < 1.29 is 19.4 Å². The molecule has 2 heterocycles. The second-order valence-corrected chi connectivity index (χ2v) is 6.37. The quantitative estimate of drug-likeness (QED) is 0.785. The predicted molar refractivity (Wildman–Crippen MR) is 100 cm³/mol. The SMILES string of the molecule is COc1ccnc(N2CCN(Cc3ccccc3O[C@H](C)C(=O)O)CC2)n1. The van der Waals surface area contributed by atoms with E-state index in [4.69, 9.17) is 14.6 Å². The fourth-order valence-corrected chi connectivity index (χ4v) is 2.94. The number of anilines is 1. The summed E-state index contributed by atoms with van der Waals surface area (Å²) in [5.74, 6) is 0.872. The van der Waals surface area contributed by atoms with E-state index in [1.54, 1.807) is 19.4 Å². The number of piperazine rings is 1. The molecule has 0 bridgehead atoms. The first kappa shape index (κ1) is 18.9. The van der Waals surface area contributed by atoms with Gasteiger partial charge in [0.25, 0.3) is 0 Å². The number of hydrogen-bond acceptors (Lipinski definition) is 7. The number of aromatic nitrogens is 2. The van der Waals surface area contributed by atoms with Crippen LogP contribution in [0.5, 0.6) is 11.6 Å². The van der Waals surface area contributed by atoms with Gasteiger partial charge in [-0.15, -0.1) is 0 Å². The molecule has 1 N–H and O–H groups in total. The summed E-state index contributed by atoms with van der Waals surface area (Å²) < 4.78 is 10.8. The van der Waals surface area contributed by atoms with Crippen molar-refractivity contribution >= 4 is 11.9 Å². The zero-order valence-corrected chi connectivity index (χ0v) is 15.5. The van der Waals surface area contributed by atoms with Crippen LogP contribution in [0, 0.1) is 0 Å². The number of hydrogen-bond donors (Lipinski definition) is 1. The molecule has 2 aromatic rings. The fourth-order valence-electron chi connectivity index (χ4n) is 2.94. The van der Waals surface area contributed by atoms with Gasteiger partial charge < -0.3 is 19.5 Å². The standard InChI is InChI=1S/C19H24N4O4/c1-14(18(24)25)27-16-6-4-3-5-15(16)13-22-9-11-23(12-10-22)19-20-8-7-17(21-19)26-2/h3-8,14H,9-13H2,1-2H3,(H,24,25)/t14-/m1/s1. The largest absolute Gasteiger partial charge is 0.481 e. The van der Waals surface area contributed by atoms with Crippen LogP contribution in [0.25, 0.3) is 0 Å². The number of methoxy groups -OCH3 is 1. The lowest BCUT2D eigenvalue weighted by atomic mass is 10.1. The summed E-state index contributed by atoms with van der Waals surface area (Å²) in [5, 5.41) is 9.07. The molecule has 3 rings (SSSR count). The molecule has 0 radical (unpaired) electrons. The van der Waals surface area contributed by atoms with E-state index in [9.17, 15) is 4.79 Å². The van der Waals surface area contributed by atoms with Crippen molar-refractivity contribution in [2.75, 3.05) is 38.2 Å². The Morgan fingerprint density at radius 2 is 1.96 bits per heavy atom. The second kappa shape index (κ2) is 8.68. The van der Waals surface area contributed by atoms with E-state index in [1.165, 1.54) is 6.92 Å². The molecule has 0 amide bonds. The number of aliphatic carboxylic acids is 1. The highest BCUT2D eigenvalue weighted by molar-refractivity contribution is 5.72. The van der Waals surface area contributed by atoms with Gasteiger partial charge in [-0.3, -0.25) is 4.90 Å². The first-order valence-corrected chi connectivity index (χ1v) is 8.88. The monoisotopic (exact) mass is 372 g/mol. The molecule has 1 aromatic heterocycles. The zero-order chi connectivity index (χ0) is 19.2. The summed E-state index contributed by atoms with van der Waals surface area (Å²) in [6, 6.07) is 9.31. The molecule has 1 aliphatic rings. The van der Waals surface area contributed by atoms with Crippen molar-refractivity contribution in [3.8, 4) is 11.6 Å². The van der Waals surface area contributed by atoms with Gasteiger partial charge in [0, 0.05) is 50.6 Å². The first-order valence-electron chi connectivity index (χ1n) is 8.88. The molecule has 1 aliphatic heterocycles. The van der Waals surface area contributed by atoms with Crippen LogP contribution in [0.15, 0.2) is 36.5 Å².